The fraction of sp³-hybridized carbons (Fsp3) is 0.857. The maximum absolute atomic E-state index is 9.26. The van der Waals surface area contributed by atoms with E-state index in [9.17, 15) is 5.11 Å². The van der Waals surface area contributed by atoms with Crippen LogP contribution >= 0.6 is 0 Å². The van der Waals surface area contributed by atoms with Crippen molar-refractivity contribution >= 4 is 0 Å². The number of aliphatic hydroxyl groups is 1. The zero-order valence-corrected chi connectivity index (χ0v) is 11.8. The Morgan fingerprint density at radius 3 is 3.00 bits per heavy atom. The lowest BCUT2D eigenvalue weighted by Crippen LogP contribution is -2.31. The van der Waals surface area contributed by atoms with Gasteiger partial charge in [0.25, 0.3) is 0 Å². The Morgan fingerprint density at radius 1 is 1.32 bits per heavy atom. The normalized spacial score (nSPS) is 27.7. The number of hydrogen-bond acceptors (Lipinski definition) is 4. The Bertz CT molecular complexity index is 431. The lowest BCUT2D eigenvalue weighted by atomic mass is 9.99. The smallest absolute Gasteiger partial charge is 0.152 e. The second-order valence-corrected chi connectivity index (χ2v) is 5.84. The summed E-state index contributed by atoms with van der Waals surface area (Å²) in [4.78, 5) is 7.23. The van der Waals surface area contributed by atoms with Crippen LogP contribution in [0, 0.1) is 5.92 Å². The molecule has 2 aliphatic rings. The molecule has 0 radical (unpaired) electrons. The molecule has 3 rings (SSSR count). The molecule has 19 heavy (non-hydrogen) atoms. The van der Waals surface area contributed by atoms with Crippen LogP contribution in [-0.4, -0.2) is 50.5 Å². The highest BCUT2D eigenvalue weighted by Gasteiger charge is 2.26. The van der Waals surface area contributed by atoms with Crippen LogP contribution in [0.1, 0.15) is 37.8 Å². The summed E-state index contributed by atoms with van der Waals surface area (Å²) in [6.45, 7) is 5.77. The Hall–Kier alpha value is -0.940. The molecule has 0 aliphatic carbocycles. The Morgan fingerprint density at radius 2 is 2.21 bits per heavy atom. The second-order valence-electron chi connectivity index (χ2n) is 5.84. The number of fused-ring (bicyclic) bond motifs is 1. The summed E-state index contributed by atoms with van der Waals surface area (Å²) < 4.78 is 2.05. The van der Waals surface area contributed by atoms with Crippen molar-refractivity contribution in [2.75, 3.05) is 19.7 Å². The van der Waals surface area contributed by atoms with Crippen LogP contribution in [0.15, 0.2) is 0 Å². The Balaban J connectivity index is 1.68. The summed E-state index contributed by atoms with van der Waals surface area (Å²) in [5.41, 5.74) is 0. The van der Waals surface area contributed by atoms with Crippen molar-refractivity contribution in [3.05, 3.63) is 11.6 Å². The summed E-state index contributed by atoms with van der Waals surface area (Å²) in [6.07, 6.45) is 5.47. The van der Waals surface area contributed by atoms with Crippen molar-refractivity contribution in [3.8, 4) is 0 Å². The summed E-state index contributed by atoms with van der Waals surface area (Å²) in [6, 6.07) is 0.628. The van der Waals surface area contributed by atoms with Gasteiger partial charge in [-0.2, -0.15) is 5.10 Å². The van der Waals surface area contributed by atoms with Crippen molar-refractivity contribution in [1.82, 2.24) is 19.7 Å². The molecular formula is C14H24N4O. The van der Waals surface area contributed by atoms with Crippen LogP contribution in [0.3, 0.4) is 0 Å². The average Bonchev–Trinajstić information content (AvgIpc) is 3.03. The van der Waals surface area contributed by atoms with Gasteiger partial charge in [0.2, 0.25) is 0 Å². The van der Waals surface area contributed by atoms with E-state index in [2.05, 4.69) is 16.9 Å². The van der Waals surface area contributed by atoms with Crippen LogP contribution in [0.5, 0.6) is 0 Å². The maximum Gasteiger partial charge on any atom is 0.152 e. The number of nitrogens with zero attached hydrogens (tertiary/aromatic N) is 4. The first-order valence-corrected chi connectivity index (χ1v) is 7.57. The standard InChI is InChI=1S/C14H24N4O/c1-2-17-6-3-4-12(17)9-13-15-14-8-11(10-19)5-7-18(14)16-13/h11-12,19H,2-10H2,1H3. The molecule has 1 aromatic rings. The summed E-state index contributed by atoms with van der Waals surface area (Å²) in [5, 5.41) is 13.9. The van der Waals surface area contributed by atoms with Gasteiger partial charge in [-0.3, -0.25) is 0 Å². The summed E-state index contributed by atoms with van der Waals surface area (Å²) >= 11 is 0. The number of likely N-dealkylation sites (tertiary alicyclic amines) is 1. The Kier molecular flexibility index (Phi) is 3.84. The highest BCUT2D eigenvalue weighted by Crippen LogP contribution is 2.22. The highest BCUT2D eigenvalue weighted by atomic mass is 16.3. The predicted octanol–water partition coefficient (Wildman–Crippen LogP) is 0.860. The van der Waals surface area contributed by atoms with Crippen molar-refractivity contribution in [2.45, 2.75) is 51.6 Å². The number of aryl methyl sites for hydroxylation is 1. The minimum absolute atomic E-state index is 0.272. The molecule has 5 nitrogen and oxygen atoms in total. The second kappa shape index (κ2) is 5.59. The molecule has 2 atom stereocenters. The molecule has 2 aliphatic heterocycles. The van der Waals surface area contributed by atoms with Gasteiger partial charge < -0.3 is 10.0 Å². The predicted molar refractivity (Wildman–Crippen MR) is 72.9 cm³/mol. The minimum atomic E-state index is 0.272. The maximum atomic E-state index is 9.26. The van der Waals surface area contributed by atoms with Gasteiger partial charge >= 0.3 is 0 Å². The highest BCUT2D eigenvalue weighted by molar-refractivity contribution is 5.00. The summed E-state index contributed by atoms with van der Waals surface area (Å²) in [5.74, 6) is 2.45. The third-order valence-corrected chi connectivity index (χ3v) is 4.59. The van der Waals surface area contributed by atoms with Crippen LogP contribution in [0.4, 0.5) is 0 Å². The lowest BCUT2D eigenvalue weighted by molar-refractivity contribution is 0.196. The van der Waals surface area contributed by atoms with Crippen molar-refractivity contribution in [2.24, 2.45) is 5.92 Å². The molecule has 0 amide bonds. The van der Waals surface area contributed by atoms with Crippen LogP contribution in [0.25, 0.3) is 0 Å². The molecule has 0 aromatic carbocycles. The molecule has 0 spiro atoms. The van der Waals surface area contributed by atoms with Crippen molar-refractivity contribution < 1.29 is 5.11 Å². The molecule has 2 unspecified atom stereocenters. The molecular weight excluding hydrogens is 240 g/mol. The van der Waals surface area contributed by atoms with Gasteiger partial charge in [-0.1, -0.05) is 6.92 Å². The van der Waals surface area contributed by atoms with Crippen molar-refractivity contribution in [3.63, 3.8) is 0 Å². The quantitative estimate of drug-likeness (QED) is 0.876. The van der Waals surface area contributed by atoms with E-state index in [0.717, 1.165) is 44.0 Å². The van der Waals surface area contributed by atoms with E-state index in [1.165, 1.54) is 19.4 Å². The zero-order valence-electron chi connectivity index (χ0n) is 11.8. The van der Waals surface area contributed by atoms with E-state index in [4.69, 9.17) is 4.98 Å². The fourth-order valence-electron chi connectivity index (χ4n) is 3.42. The third-order valence-electron chi connectivity index (χ3n) is 4.59. The lowest BCUT2D eigenvalue weighted by Gasteiger charge is -2.21. The van der Waals surface area contributed by atoms with Crippen LogP contribution < -0.4 is 0 Å². The molecule has 106 valence electrons. The van der Waals surface area contributed by atoms with Gasteiger partial charge in [-0.15, -0.1) is 0 Å². The molecule has 1 aromatic heterocycles. The first-order chi connectivity index (χ1) is 9.30. The molecule has 1 N–H and O–H groups in total. The van der Waals surface area contributed by atoms with Gasteiger partial charge in [-0.05, 0) is 38.3 Å². The van der Waals surface area contributed by atoms with Gasteiger partial charge in [-0.25, -0.2) is 9.67 Å². The SMILES string of the molecule is CCN1CCCC1Cc1nc2n(n1)CCC(CO)C2. The average molecular weight is 264 g/mol. The van der Waals surface area contributed by atoms with Gasteiger partial charge in [0.15, 0.2) is 5.82 Å². The van der Waals surface area contributed by atoms with Gasteiger partial charge in [0.05, 0.1) is 0 Å². The molecule has 3 heterocycles. The molecule has 5 heteroatoms. The number of aromatic nitrogens is 3. The van der Waals surface area contributed by atoms with E-state index in [1.807, 2.05) is 4.68 Å². The largest absolute Gasteiger partial charge is 0.396 e. The number of hydrogen-bond donors (Lipinski definition) is 1. The molecule has 0 saturated carbocycles. The number of aliphatic hydroxyl groups excluding tert-OH is 1. The van der Waals surface area contributed by atoms with Crippen LogP contribution in [-0.2, 0) is 19.4 Å². The van der Waals surface area contributed by atoms with Crippen molar-refractivity contribution in [1.29, 1.82) is 0 Å². The van der Waals surface area contributed by atoms with E-state index in [1.54, 1.807) is 0 Å². The monoisotopic (exact) mass is 264 g/mol. The molecule has 1 saturated heterocycles. The van der Waals surface area contributed by atoms with Crippen LogP contribution in [0.2, 0.25) is 0 Å². The topological polar surface area (TPSA) is 54.2 Å². The minimum Gasteiger partial charge on any atom is -0.396 e. The van der Waals surface area contributed by atoms with E-state index in [-0.39, 0.29) is 6.61 Å². The molecule has 1 fully saturated rings. The third kappa shape index (κ3) is 2.67. The first kappa shape index (κ1) is 13.1. The zero-order chi connectivity index (χ0) is 13.2. The fourth-order valence-corrected chi connectivity index (χ4v) is 3.42. The first-order valence-electron chi connectivity index (χ1n) is 7.57. The number of rotatable bonds is 4. The van der Waals surface area contributed by atoms with E-state index >= 15 is 0 Å². The van der Waals surface area contributed by atoms with Gasteiger partial charge in [0, 0.05) is 32.0 Å². The van der Waals surface area contributed by atoms with Gasteiger partial charge in [0.1, 0.15) is 5.82 Å². The van der Waals surface area contributed by atoms with E-state index < -0.39 is 0 Å². The Labute approximate surface area is 114 Å². The molecule has 0 bridgehead atoms. The summed E-state index contributed by atoms with van der Waals surface area (Å²) in [7, 11) is 0. The van der Waals surface area contributed by atoms with E-state index in [0.29, 0.717) is 12.0 Å². The number of likely N-dealkylation sites (N-methyl/N-ethyl adjacent to an activating group) is 1.